The largest absolute Gasteiger partial charge is 0.497 e. The number of rotatable bonds is 3. The number of fused-ring (bicyclic) bond motifs is 5. The third kappa shape index (κ3) is 3.11. The number of nitrogens with one attached hydrogen (secondary N) is 1. The minimum absolute atomic E-state index is 0.0519. The van der Waals surface area contributed by atoms with Crippen LogP contribution in [0.15, 0.2) is 36.4 Å². The SMILES string of the molecule is COc1ccc(NC(=O)C2CC[C@H]3[C@@H]4CCC5N(C)C(=O)C=C[C@]5(C)[C@@H]4CC[C@]23C)cc1. The Labute approximate surface area is 191 Å². The Morgan fingerprint density at radius 1 is 1.06 bits per heavy atom. The molecule has 3 fully saturated rings. The topological polar surface area (TPSA) is 58.6 Å². The van der Waals surface area contributed by atoms with Gasteiger partial charge in [-0.2, -0.15) is 0 Å². The average molecular weight is 437 g/mol. The van der Waals surface area contributed by atoms with Gasteiger partial charge in [0, 0.05) is 30.1 Å². The summed E-state index contributed by atoms with van der Waals surface area (Å²) in [4.78, 5) is 27.6. The van der Waals surface area contributed by atoms with Crippen LogP contribution >= 0.6 is 0 Å². The molecule has 1 aromatic rings. The molecule has 3 aliphatic carbocycles. The van der Waals surface area contributed by atoms with Crippen molar-refractivity contribution < 1.29 is 14.3 Å². The zero-order chi connectivity index (χ0) is 22.7. The standard InChI is InChI=1S/C27H36N2O3/c1-26-15-13-21-19(9-12-23-27(21,2)16-14-24(30)29(23)3)20(26)10-11-22(26)25(31)28-17-5-7-18(32-4)8-6-17/h5-8,14,16,19-23H,9-13,15H2,1-4H3,(H,28,31)/t19-,20-,21+,22?,23?,26-,27+/m0/s1. The van der Waals surface area contributed by atoms with E-state index in [1.807, 2.05) is 36.2 Å². The molecule has 1 aromatic carbocycles. The summed E-state index contributed by atoms with van der Waals surface area (Å²) >= 11 is 0. The first kappa shape index (κ1) is 21.5. The number of methoxy groups -OCH3 is 1. The number of anilines is 1. The first-order valence-electron chi connectivity index (χ1n) is 12.2. The molecule has 7 atom stereocenters. The monoisotopic (exact) mass is 436 g/mol. The van der Waals surface area contributed by atoms with Crippen LogP contribution in [-0.4, -0.2) is 36.9 Å². The summed E-state index contributed by atoms with van der Waals surface area (Å²) in [6.07, 6.45) is 10.6. The van der Waals surface area contributed by atoms with Crippen molar-refractivity contribution in [2.45, 2.75) is 58.4 Å². The molecule has 5 rings (SSSR count). The van der Waals surface area contributed by atoms with Crippen LogP contribution in [0.5, 0.6) is 5.75 Å². The number of hydrogen-bond acceptors (Lipinski definition) is 3. The number of ether oxygens (including phenoxy) is 1. The smallest absolute Gasteiger partial charge is 0.246 e. The molecule has 5 nitrogen and oxygen atoms in total. The van der Waals surface area contributed by atoms with Gasteiger partial charge >= 0.3 is 0 Å². The van der Waals surface area contributed by atoms with Crippen LogP contribution in [0.25, 0.3) is 0 Å². The van der Waals surface area contributed by atoms with E-state index in [1.54, 1.807) is 13.2 Å². The van der Waals surface area contributed by atoms with Crippen molar-refractivity contribution in [3.05, 3.63) is 36.4 Å². The van der Waals surface area contributed by atoms with Gasteiger partial charge in [-0.25, -0.2) is 0 Å². The van der Waals surface area contributed by atoms with Crippen LogP contribution in [0.3, 0.4) is 0 Å². The van der Waals surface area contributed by atoms with Crippen molar-refractivity contribution in [2.75, 3.05) is 19.5 Å². The average Bonchev–Trinajstić information content (AvgIpc) is 3.14. The Balaban J connectivity index is 1.35. The number of likely N-dealkylation sites (N-methyl/N-ethyl adjacent to an activating group) is 1. The fourth-order valence-corrected chi connectivity index (χ4v) is 8.07. The number of hydrogen-bond donors (Lipinski definition) is 1. The lowest BCUT2D eigenvalue weighted by Gasteiger charge is -2.60. The summed E-state index contributed by atoms with van der Waals surface area (Å²) in [5.74, 6) is 2.98. The number of carbonyl (C=O) groups is 2. The maximum absolute atomic E-state index is 13.4. The second-order valence-corrected chi connectivity index (χ2v) is 11.0. The zero-order valence-corrected chi connectivity index (χ0v) is 19.8. The fourth-order valence-electron chi connectivity index (χ4n) is 8.07. The number of benzene rings is 1. The lowest BCUT2D eigenvalue weighted by atomic mass is 9.47. The van der Waals surface area contributed by atoms with Crippen LogP contribution in [0.2, 0.25) is 0 Å². The molecule has 1 aliphatic heterocycles. The zero-order valence-electron chi connectivity index (χ0n) is 19.8. The first-order valence-corrected chi connectivity index (χ1v) is 12.2. The number of nitrogens with zero attached hydrogens (tertiary/aromatic N) is 1. The molecule has 1 heterocycles. The highest BCUT2D eigenvalue weighted by atomic mass is 16.5. The second-order valence-electron chi connectivity index (χ2n) is 11.0. The summed E-state index contributed by atoms with van der Waals surface area (Å²) in [5.41, 5.74) is 0.946. The predicted octanol–water partition coefficient (Wildman–Crippen LogP) is 4.89. The molecule has 32 heavy (non-hydrogen) atoms. The molecule has 3 saturated carbocycles. The molecule has 2 amide bonds. The van der Waals surface area contributed by atoms with Crippen LogP contribution in [0.1, 0.15) is 52.4 Å². The summed E-state index contributed by atoms with van der Waals surface area (Å²) in [6.45, 7) is 4.75. The highest BCUT2D eigenvalue weighted by Crippen LogP contribution is 2.65. The van der Waals surface area contributed by atoms with Gasteiger partial charge in [0.05, 0.1) is 7.11 Å². The van der Waals surface area contributed by atoms with Gasteiger partial charge in [-0.15, -0.1) is 0 Å². The Morgan fingerprint density at radius 3 is 2.53 bits per heavy atom. The van der Waals surface area contributed by atoms with Crippen molar-refractivity contribution in [1.29, 1.82) is 0 Å². The van der Waals surface area contributed by atoms with E-state index in [1.165, 1.54) is 6.42 Å². The van der Waals surface area contributed by atoms with E-state index in [-0.39, 0.29) is 28.6 Å². The molecule has 0 aromatic heterocycles. The van der Waals surface area contributed by atoms with E-state index >= 15 is 0 Å². The Morgan fingerprint density at radius 2 is 1.81 bits per heavy atom. The molecular weight excluding hydrogens is 400 g/mol. The van der Waals surface area contributed by atoms with Crippen LogP contribution in [0.4, 0.5) is 5.69 Å². The quantitative estimate of drug-likeness (QED) is 0.734. The summed E-state index contributed by atoms with van der Waals surface area (Å²) in [7, 11) is 3.62. The third-order valence-electron chi connectivity index (χ3n) is 9.80. The Hall–Kier alpha value is -2.30. The fraction of sp³-hybridized carbons (Fsp3) is 0.630. The van der Waals surface area contributed by atoms with E-state index in [9.17, 15) is 9.59 Å². The van der Waals surface area contributed by atoms with Crippen LogP contribution in [-0.2, 0) is 9.59 Å². The highest BCUT2D eigenvalue weighted by Gasteiger charge is 2.61. The molecule has 0 saturated heterocycles. The molecule has 0 bridgehead atoms. The summed E-state index contributed by atoms with van der Waals surface area (Å²) < 4.78 is 5.23. The molecule has 0 radical (unpaired) electrons. The van der Waals surface area contributed by atoms with Crippen molar-refractivity contribution in [3.63, 3.8) is 0 Å². The Kier molecular flexibility index (Phi) is 5.14. The molecule has 2 unspecified atom stereocenters. The maximum Gasteiger partial charge on any atom is 0.246 e. The van der Waals surface area contributed by atoms with Gasteiger partial charge in [0.25, 0.3) is 0 Å². The second kappa shape index (κ2) is 7.64. The maximum atomic E-state index is 13.4. The van der Waals surface area contributed by atoms with E-state index in [4.69, 9.17) is 4.74 Å². The van der Waals surface area contributed by atoms with Gasteiger partial charge in [-0.05, 0) is 92.0 Å². The molecule has 1 N–H and O–H groups in total. The molecule has 172 valence electrons. The van der Waals surface area contributed by atoms with Gasteiger partial charge in [-0.3, -0.25) is 9.59 Å². The minimum atomic E-state index is 0.0519. The van der Waals surface area contributed by atoms with Gasteiger partial charge in [0.2, 0.25) is 11.8 Å². The lowest BCUT2D eigenvalue weighted by Crippen LogP contribution is -2.59. The van der Waals surface area contributed by atoms with Crippen LogP contribution < -0.4 is 10.1 Å². The third-order valence-corrected chi connectivity index (χ3v) is 9.80. The Bertz CT molecular complexity index is 941. The summed E-state index contributed by atoms with van der Waals surface area (Å²) in [6, 6.07) is 7.91. The van der Waals surface area contributed by atoms with Gasteiger partial charge in [0.1, 0.15) is 5.75 Å². The molecule has 4 aliphatic rings. The van der Waals surface area contributed by atoms with Gasteiger partial charge in [0.15, 0.2) is 0 Å². The van der Waals surface area contributed by atoms with E-state index in [0.29, 0.717) is 23.8 Å². The van der Waals surface area contributed by atoms with Gasteiger partial charge in [-0.1, -0.05) is 19.9 Å². The minimum Gasteiger partial charge on any atom is -0.497 e. The van der Waals surface area contributed by atoms with Gasteiger partial charge < -0.3 is 15.0 Å². The highest BCUT2D eigenvalue weighted by molar-refractivity contribution is 5.93. The first-order chi connectivity index (χ1) is 15.3. The normalized spacial score (nSPS) is 40.3. The molecule has 0 spiro atoms. The van der Waals surface area contributed by atoms with Crippen molar-refractivity contribution in [2.24, 2.45) is 34.5 Å². The van der Waals surface area contributed by atoms with Crippen LogP contribution in [0, 0.1) is 34.5 Å². The number of amides is 2. The van der Waals surface area contributed by atoms with Crippen molar-refractivity contribution in [1.82, 2.24) is 4.90 Å². The van der Waals surface area contributed by atoms with E-state index < -0.39 is 0 Å². The molecule has 5 heteroatoms. The predicted molar refractivity (Wildman–Crippen MR) is 125 cm³/mol. The van der Waals surface area contributed by atoms with Crippen molar-refractivity contribution in [3.8, 4) is 5.75 Å². The molecular formula is C27H36N2O3. The summed E-state index contributed by atoms with van der Waals surface area (Å²) in [5, 5.41) is 3.18. The van der Waals surface area contributed by atoms with E-state index in [0.717, 1.165) is 43.5 Å². The number of carbonyl (C=O) groups excluding carboxylic acids is 2. The lowest BCUT2D eigenvalue weighted by molar-refractivity contribution is -0.141. The van der Waals surface area contributed by atoms with Crippen molar-refractivity contribution >= 4 is 17.5 Å². The van der Waals surface area contributed by atoms with E-state index in [2.05, 4.69) is 25.2 Å².